The van der Waals surface area contributed by atoms with Crippen LogP contribution < -0.4 is 0 Å². The Labute approximate surface area is 192 Å². The lowest BCUT2D eigenvalue weighted by Crippen LogP contribution is -2.61. The predicted molar refractivity (Wildman–Crippen MR) is 107 cm³/mol. The van der Waals surface area contributed by atoms with Gasteiger partial charge in [-0.05, 0) is 18.2 Å². The lowest BCUT2D eigenvalue weighted by atomic mass is 9.91. The molecule has 0 N–H and O–H groups in total. The molecule has 1 amide bonds. The van der Waals surface area contributed by atoms with Crippen LogP contribution in [0.4, 0.5) is 30.7 Å². The van der Waals surface area contributed by atoms with Gasteiger partial charge < -0.3 is 4.90 Å². The van der Waals surface area contributed by atoms with Crippen molar-refractivity contribution in [2.24, 2.45) is 0 Å². The van der Waals surface area contributed by atoms with E-state index in [9.17, 15) is 35.5 Å². The Balaban J connectivity index is 1.44. The molecule has 0 radical (unpaired) electrons. The zero-order chi connectivity index (χ0) is 25.4. The van der Waals surface area contributed by atoms with E-state index in [2.05, 4.69) is 20.1 Å². The first kappa shape index (κ1) is 24.3. The van der Waals surface area contributed by atoms with Crippen molar-refractivity contribution < 1.29 is 35.5 Å². The summed E-state index contributed by atoms with van der Waals surface area (Å²) in [6.45, 7) is -0.361. The summed E-state index contributed by atoms with van der Waals surface area (Å²) in [6, 6.07) is 1.00. The van der Waals surface area contributed by atoms with Crippen LogP contribution in [0, 0.1) is 0 Å². The van der Waals surface area contributed by atoms with Gasteiger partial charge in [0.05, 0.1) is 29.9 Å². The van der Waals surface area contributed by atoms with Crippen molar-refractivity contribution in [2.75, 3.05) is 13.1 Å². The molecule has 35 heavy (non-hydrogen) atoms. The molecule has 1 saturated heterocycles. The minimum absolute atomic E-state index is 0.00139. The summed E-state index contributed by atoms with van der Waals surface area (Å²) >= 11 is 0. The topological polar surface area (TPSA) is 76.8 Å². The summed E-state index contributed by atoms with van der Waals surface area (Å²) < 4.78 is 94.0. The van der Waals surface area contributed by atoms with E-state index in [1.807, 2.05) is 0 Å². The fourth-order valence-corrected chi connectivity index (χ4v) is 3.46. The smallest absolute Gasteiger partial charge is 0.333 e. The second-order valence-corrected chi connectivity index (χ2v) is 7.88. The molecule has 1 aromatic carbocycles. The summed E-state index contributed by atoms with van der Waals surface area (Å²) in [5, 5.41) is 3.81. The molecule has 14 heteroatoms. The number of alkyl halides is 7. The van der Waals surface area contributed by atoms with Crippen molar-refractivity contribution >= 4 is 12.1 Å². The minimum Gasteiger partial charge on any atom is -0.333 e. The Kier molecular flexibility index (Phi) is 6.07. The molecule has 7 nitrogen and oxygen atoms in total. The average Bonchev–Trinajstić information content (AvgIpc) is 3.24. The molecule has 3 heterocycles. The van der Waals surface area contributed by atoms with Gasteiger partial charge in [0.1, 0.15) is 6.33 Å². The van der Waals surface area contributed by atoms with Gasteiger partial charge in [-0.1, -0.05) is 0 Å². The quantitative estimate of drug-likeness (QED) is 0.391. The summed E-state index contributed by atoms with van der Waals surface area (Å²) in [5.74, 6) is -0.970. The number of benzene rings is 1. The van der Waals surface area contributed by atoms with Crippen molar-refractivity contribution in [1.82, 2.24) is 29.6 Å². The number of nitrogens with zero attached hydrogens (tertiary/aromatic N) is 6. The van der Waals surface area contributed by atoms with Crippen LogP contribution in [0.15, 0.2) is 49.2 Å². The number of hydrogen-bond donors (Lipinski definition) is 0. The van der Waals surface area contributed by atoms with E-state index < -0.39 is 46.4 Å². The van der Waals surface area contributed by atoms with Gasteiger partial charge in [-0.25, -0.2) is 14.1 Å². The number of likely N-dealkylation sites (tertiary alicyclic amines) is 1. The zero-order valence-electron chi connectivity index (χ0n) is 17.6. The fraction of sp³-hybridized carbons (Fsp3) is 0.286. The first-order chi connectivity index (χ1) is 16.3. The van der Waals surface area contributed by atoms with Crippen molar-refractivity contribution in [1.29, 1.82) is 0 Å². The van der Waals surface area contributed by atoms with Crippen LogP contribution in [-0.4, -0.2) is 54.3 Å². The molecule has 0 saturated carbocycles. The maximum atomic E-state index is 14.7. The first-order valence-corrected chi connectivity index (χ1v) is 9.94. The van der Waals surface area contributed by atoms with E-state index in [4.69, 9.17) is 0 Å². The minimum atomic E-state index is -5.01. The fourth-order valence-electron chi connectivity index (χ4n) is 3.46. The summed E-state index contributed by atoms with van der Waals surface area (Å²) in [4.78, 5) is 25.0. The Morgan fingerprint density at radius 1 is 1.00 bits per heavy atom. The molecule has 2 aromatic heterocycles. The molecular weight excluding hydrogens is 485 g/mol. The van der Waals surface area contributed by atoms with E-state index in [1.165, 1.54) is 23.5 Å². The Hall–Kier alpha value is -3.84. The second kappa shape index (κ2) is 8.74. The number of amides is 1. The summed E-state index contributed by atoms with van der Waals surface area (Å²) in [5.41, 5.74) is -4.72. The van der Waals surface area contributed by atoms with Gasteiger partial charge in [0.2, 0.25) is 5.91 Å². The molecule has 1 fully saturated rings. The van der Waals surface area contributed by atoms with E-state index >= 15 is 0 Å². The molecular formula is C21H15F7N6O. The summed E-state index contributed by atoms with van der Waals surface area (Å²) in [6.07, 6.45) is -2.58. The van der Waals surface area contributed by atoms with E-state index in [-0.39, 0.29) is 25.6 Å². The molecule has 184 valence electrons. The van der Waals surface area contributed by atoms with E-state index in [0.29, 0.717) is 17.8 Å². The van der Waals surface area contributed by atoms with Crippen LogP contribution in [0.3, 0.4) is 0 Å². The number of carbonyl (C=O) groups is 1. The molecule has 1 aliphatic heterocycles. The van der Waals surface area contributed by atoms with Gasteiger partial charge in [0, 0.05) is 42.9 Å². The van der Waals surface area contributed by atoms with Gasteiger partial charge >= 0.3 is 12.4 Å². The van der Waals surface area contributed by atoms with Gasteiger partial charge in [0.25, 0.3) is 0 Å². The van der Waals surface area contributed by atoms with Gasteiger partial charge in [-0.3, -0.25) is 14.8 Å². The molecule has 1 aliphatic rings. The SMILES string of the molecule is O=C(/C=C\n1cnc(-c2cc(C(F)(F)F)cc(C(F)(F)F)c2)n1)N1CC(F)(Cc2cnccn2)C1. The number of halogens is 7. The van der Waals surface area contributed by atoms with Crippen LogP contribution in [-0.2, 0) is 23.6 Å². The van der Waals surface area contributed by atoms with Crippen LogP contribution in [0.2, 0.25) is 0 Å². The third kappa shape index (κ3) is 5.63. The van der Waals surface area contributed by atoms with Gasteiger partial charge in [-0.15, -0.1) is 5.10 Å². The third-order valence-corrected chi connectivity index (χ3v) is 5.10. The van der Waals surface area contributed by atoms with Crippen molar-refractivity contribution in [3.05, 3.63) is 66.0 Å². The Morgan fingerprint density at radius 2 is 1.66 bits per heavy atom. The first-order valence-electron chi connectivity index (χ1n) is 9.94. The lowest BCUT2D eigenvalue weighted by molar-refractivity contribution is -0.143. The maximum Gasteiger partial charge on any atom is 0.416 e. The predicted octanol–water partition coefficient (Wildman–Crippen LogP) is 4.04. The normalized spacial score (nSPS) is 15.9. The monoisotopic (exact) mass is 500 g/mol. The van der Waals surface area contributed by atoms with Crippen molar-refractivity contribution in [2.45, 2.75) is 24.4 Å². The lowest BCUT2D eigenvalue weighted by Gasteiger charge is -2.43. The highest BCUT2D eigenvalue weighted by molar-refractivity contribution is 5.91. The van der Waals surface area contributed by atoms with Crippen LogP contribution in [0.5, 0.6) is 0 Å². The van der Waals surface area contributed by atoms with E-state index in [0.717, 1.165) is 23.3 Å². The average molecular weight is 500 g/mol. The Bertz CT molecular complexity index is 1210. The standard InChI is InChI=1S/C21H15F7N6O/c22-19(8-16-9-29-2-3-30-16)10-33(11-19)17(35)1-4-34-12-31-18(32-34)13-5-14(20(23,24)25)7-15(6-13)21(26,27)28/h1-7,9,12H,8,10-11H2/b4-1-. The molecule has 0 unspecified atom stereocenters. The largest absolute Gasteiger partial charge is 0.416 e. The molecule has 0 aliphatic carbocycles. The van der Waals surface area contributed by atoms with Crippen molar-refractivity contribution in [3.8, 4) is 11.4 Å². The number of hydrogen-bond acceptors (Lipinski definition) is 5. The van der Waals surface area contributed by atoms with Crippen molar-refractivity contribution in [3.63, 3.8) is 0 Å². The van der Waals surface area contributed by atoms with Gasteiger partial charge in [0.15, 0.2) is 11.5 Å². The molecule has 3 aromatic rings. The number of rotatable bonds is 5. The molecule has 0 atom stereocenters. The molecule has 0 spiro atoms. The molecule has 0 bridgehead atoms. The highest BCUT2D eigenvalue weighted by atomic mass is 19.4. The third-order valence-electron chi connectivity index (χ3n) is 5.10. The Morgan fingerprint density at radius 3 is 2.23 bits per heavy atom. The zero-order valence-corrected chi connectivity index (χ0v) is 17.6. The number of aromatic nitrogens is 5. The molecule has 4 rings (SSSR count). The maximum absolute atomic E-state index is 14.7. The number of carbonyl (C=O) groups excluding carboxylic acids is 1. The van der Waals surface area contributed by atoms with Crippen LogP contribution >= 0.6 is 0 Å². The van der Waals surface area contributed by atoms with Crippen LogP contribution in [0.25, 0.3) is 17.6 Å². The van der Waals surface area contributed by atoms with Gasteiger partial charge in [-0.2, -0.15) is 26.3 Å². The van der Waals surface area contributed by atoms with E-state index in [1.54, 1.807) is 0 Å². The second-order valence-electron chi connectivity index (χ2n) is 7.88. The summed E-state index contributed by atoms with van der Waals surface area (Å²) in [7, 11) is 0. The highest BCUT2D eigenvalue weighted by Gasteiger charge is 2.45. The van der Waals surface area contributed by atoms with Crippen LogP contribution in [0.1, 0.15) is 16.8 Å². The highest BCUT2D eigenvalue weighted by Crippen LogP contribution is 2.38.